The molecule has 0 bridgehead atoms. The van der Waals surface area contributed by atoms with Gasteiger partial charge >= 0.3 is 5.97 Å². The van der Waals surface area contributed by atoms with E-state index in [1.54, 1.807) is 0 Å². The number of methoxy groups -OCH3 is 1. The van der Waals surface area contributed by atoms with E-state index in [1.807, 2.05) is 13.8 Å². The van der Waals surface area contributed by atoms with Gasteiger partial charge in [0.2, 0.25) is 0 Å². The number of esters is 1. The number of hydrogen-bond acceptors (Lipinski definition) is 4. The Morgan fingerprint density at radius 1 is 1.33 bits per heavy atom. The zero-order valence-electron chi connectivity index (χ0n) is 12.0. The summed E-state index contributed by atoms with van der Waals surface area (Å²) in [7, 11) is 3.64. The molecule has 4 heteroatoms. The van der Waals surface area contributed by atoms with Gasteiger partial charge in [0.15, 0.2) is 0 Å². The second kappa shape index (κ2) is 4.82. The lowest BCUT2D eigenvalue weighted by Crippen LogP contribution is -2.62. The van der Waals surface area contributed by atoms with E-state index in [4.69, 9.17) is 9.47 Å². The Hall–Kier alpha value is -0.610. The van der Waals surface area contributed by atoms with Gasteiger partial charge in [-0.1, -0.05) is 0 Å². The molecule has 104 valence electrons. The van der Waals surface area contributed by atoms with E-state index in [1.165, 1.54) is 7.11 Å². The Labute approximate surface area is 110 Å². The Kier molecular flexibility index (Phi) is 3.70. The van der Waals surface area contributed by atoms with Gasteiger partial charge in [0, 0.05) is 5.41 Å². The zero-order chi connectivity index (χ0) is 13.4. The molecule has 2 fully saturated rings. The van der Waals surface area contributed by atoms with Gasteiger partial charge in [0.1, 0.15) is 0 Å². The molecule has 0 saturated carbocycles. The highest BCUT2D eigenvalue weighted by atomic mass is 16.5. The SMILES string of the molecule is COC(=O)C(C)(C)C1(C2CCN(C)CC2)COC1. The summed E-state index contributed by atoms with van der Waals surface area (Å²) in [4.78, 5) is 14.4. The fourth-order valence-electron chi connectivity index (χ4n) is 3.45. The molecule has 0 aliphatic carbocycles. The number of ether oxygens (including phenoxy) is 2. The van der Waals surface area contributed by atoms with Gasteiger partial charge in [0.25, 0.3) is 0 Å². The number of nitrogens with zero attached hydrogens (tertiary/aromatic N) is 1. The molecule has 2 heterocycles. The Balaban J connectivity index is 2.17. The van der Waals surface area contributed by atoms with Crippen LogP contribution in [0.15, 0.2) is 0 Å². The monoisotopic (exact) mass is 255 g/mol. The second-order valence-electron chi connectivity index (χ2n) is 6.34. The summed E-state index contributed by atoms with van der Waals surface area (Å²) < 4.78 is 10.5. The van der Waals surface area contributed by atoms with Crippen LogP contribution in [0.3, 0.4) is 0 Å². The van der Waals surface area contributed by atoms with Gasteiger partial charge in [-0.15, -0.1) is 0 Å². The molecule has 0 aromatic heterocycles. The van der Waals surface area contributed by atoms with Gasteiger partial charge in [-0.05, 0) is 52.7 Å². The predicted molar refractivity (Wildman–Crippen MR) is 69.3 cm³/mol. The van der Waals surface area contributed by atoms with Crippen molar-refractivity contribution < 1.29 is 14.3 Å². The van der Waals surface area contributed by atoms with E-state index < -0.39 is 5.41 Å². The number of hydrogen-bond donors (Lipinski definition) is 0. The Morgan fingerprint density at radius 3 is 2.28 bits per heavy atom. The van der Waals surface area contributed by atoms with Gasteiger partial charge < -0.3 is 14.4 Å². The van der Waals surface area contributed by atoms with Crippen LogP contribution in [-0.2, 0) is 14.3 Å². The van der Waals surface area contributed by atoms with Gasteiger partial charge in [-0.2, -0.15) is 0 Å². The van der Waals surface area contributed by atoms with E-state index in [-0.39, 0.29) is 11.4 Å². The average Bonchev–Trinajstić information content (AvgIpc) is 2.28. The first-order chi connectivity index (χ1) is 8.44. The standard InChI is InChI=1S/C14H25NO3/c1-13(2,12(16)17-4)14(9-18-10-14)11-5-7-15(3)8-6-11/h11H,5-10H2,1-4H3. The smallest absolute Gasteiger partial charge is 0.311 e. The van der Waals surface area contributed by atoms with Gasteiger partial charge in [0.05, 0.1) is 25.7 Å². The van der Waals surface area contributed by atoms with Crippen molar-refractivity contribution in [3.8, 4) is 0 Å². The highest BCUT2D eigenvalue weighted by Gasteiger charge is 2.59. The molecule has 0 aromatic rings. The molecule has 0 aromatic carbocycles. The van der Waals surface area contributed by atoms with Gasteiger partial charge in [-0.25, -0.2) is 0 Å². The van der Waals surface area contributed by atoms with E-state index >= 15 is 0 Å². The Bertz CT molecular complexity index is 315. The van der Waals surface area contributed by atoms with Crippen LogP contribution in [-0.4, -0.2) is 51.3 Å². The van der Waals surface area contributed by atoms with E-state index in [2.05, 4.69) is 11.9 Å². The summed E-state index contributed by atoms with van der Waals surface area (Å²) in [5.41, 5.74) is -0.484. The second-order valence-corrected chi connectivity index (χ2v) is 6.34. The average molecular weight is 255 g/mol. The van der Waals surface area contributed by atoms with Crippen molar-refractivity contribution in [3.05, 3.63) is 0 Å². The van der Waals surface area contributed by atoms with E-state index in [0.29, 0.717) is 19.1 Å². The lowest BCUT2D eigenvalue weighted by atomic mass is 9.55. The molecule has 0 amide bonds. The maximum Gasteiger partial charge on any atom is 0.311 e. The first kappa shape index (κ1) is 13.8. The molecule has 2 aliphatic rings. The van der Waals surface area contributed by atoms with Crippen LogP contribution in [0.2, 0.25) is 0 Å². The third-order valence-corrected chi connectivity index (χ3v) is 5.16. The molecule has 0 unspecified atom stereocenters. The molecular weight excluding hydrogens is 230 g/mol. The lowest BCUT2D eigenvalue weighted by Gasteiger charge is -2.56. The summed E-state index contributed by atoms with van der Waals surface area (Å²) in [5, 5.41) is 0. The highest BCUT2D eigenvalue weighted by Crippen LogP contribution is 2.53. The molecule has 2 aliphatic heterocycles. The zero-order valence-corrected chi connectivity index (χ0v) is 12.0. The minimum Gasteiger partial charge on any atom is -0.469 e. The third kappa shape index (κ3) is 1.95. The molecule has 2 rings (SSSR count). The summed E-state index contributed by atoms with van der Waals surface area (Å²) in [5.74, 6) is 0.460. The van der Waals surface area contributed by atoms with Crippen molar-refractivity contribution in [2.45, 2.75) is 26.7 Å². The topological polar surface area (TPSA) is 38.8 Å². The molecule has 4 nitrogen and oxygen atoms in total. The molecule has 0 radical (unpaired) electrons. The van der Waals surface area contributed by atoms with Crippen LogP contribution in [0.5, 0.6) is 0 Å². The van der Waals surface area contributed by atoms with Crippen molar-refractivity contribution in [2.75, 3.05) is 40.5 Å². The maximum absolute atomic E-state index is 12.1. The van der Waals surface area contributed by atoms with Crippen LogP contribution in [0.1, 0.15) is 26.7 Å². The van der Waals surface area contributed by atoms with Gasteiger partial charge in [-0.3, -0.25) is 4.79 Å². The van der Waals surface area contributed by atoms with E-state index in [9.17, 15) is 4.79 Å². The van der Waals surface area contributed by atoms with Crippen LogP contribution >= 0.6 is 0 Å². The predicted octanol–water partition coefficient (Wildman–Crippen LogP) is 1.54. The fraction of sp³-hybridized carbons (Fsp3) is 0.929. The normalized spacial score (nSPS) is 25.6. The molecule has 2 saturated heterocycles. The van der Waals surface area contributed by atoms with Crippen LogP contribution in [0.25, 0.3) is 0 Å². The minimum atomic E-state index is -0.458. The molecular formula is C14H25NO3. The summed E-state index contributed by atoms with van der Waals surface area (Å²) in [6, 6.07) is 0. The molecule has 18 heavy (non-hydrogen) atoms. The van der Waals surface area contributed by atoms with Crippen LogP contribution in [0, 0.1) is 16.7 Å². The number of carbonyl (C=O) groups is 1. The molecule has 0 spiro atoms. The summed E-state index contributed by atoms with van der Waals surface area (Å²) in [6.07, 6.45) is 2.31. The summed E-state index contributed by atoms with van der Waals surface area (Å²) >= 11 is 0. The Morgan fingerprint density at radius 2 is 1.89 bits per heavy atom. The van der Waals surface area contributed by atoms with Crippen LogP contribution in [0.4, 0.5) is 0 Å². The van der Waals surface area contributed by atoms with E-state index in [0.717, 1.165) is 25.9 Å². The maximum atomic E-state index is 12.1. The first-order valence-electron chi connectivity index (χ1n) is 6.79. The first-order valence-corrected chi connectivity index (χ1v) is 6.79. The minimum absolute atomic E-state index is 0.0264. The third-order valence-electron chi connectivity index (χ3n) is 5.16. The number of piperidine rings is 1. The van der Waals surface area contributed by atoms with Crippen molar-refractivity contribution in [1.29, 1.82) is 0 Å². The lowest BCUT2D eigenvalue weighted by molar-refractivity contribution is -0.224. The number of likely N-dealkylation sites (tertiary alicyclic amines) is 1. The quantitative estimate of drug-likeness (QED) is 0.717. The van der Waals surface area contributed by atoms with Crippen molar-refractivity contribution in [2.24, 2.45) is 16.7 Å². The van der Waals surface area contributed by atoms with Crippen molar-refractivity contribution in [1.82, 2.24) is 4.90 Å². The highest BCUT2D eigenvalue weighted by molar-refractivity contribution is 5.77. The van der Waals surface area contributed by atoms with Crippen molar-refractivity contribution >= 4 is 5.97 Å². The van der Waals surface area contributed by atoms with Crippen molar-refractivity contribution in [3.63, 3.8) is 0 Å². The molecule has 0 atom stereocenters. The summed E-state index contributed by atoms with van der Waals surface area (Å²) in [6.45, 7) is 7.65. The van der Waals surface area contributed by atoms with Crippen LogP contribution < -0.4 is 0 Å². The largest absolute Gasteiger partial charge is 0.469 e. The number of carbonyl (C=O) groups excluding carboxylic acids is 1. The molecule has 0 N–H and O–H groups in total. The fourth-order valence-corrected chi connectivity index (χ4v) is 3.45. The number of rotatable bonds is 3.